The van der Waals surface area contributed by atoms with Crippen LogP contribution in [0, 0.1) is 18.3 Å². The molecule has 0 spiro atoms. The number of rotatable bonds is 4. The van der Waals surface area contributed by atoms with E-state index in [4.69, 9.17) is 10.00 Å². The monoisotopic (exact) mass is 290 g/mol. The first-order chi connectivity index (χ1) is 10.0. The van der Waals surface area contributed by atoms with Crippen LogP contribution in [-0.2, 0) is 0 Å². The topological polar surface area (TPSA) is 65.9 Å². The highest BCUT2D eigenvalue weighted by Crippen LogP contribution is 2.31. The number of pyridine rings is 1. The first-order valence-electron chi connectivity index (χ1n) is 6.17. The fourth-order valence-electron chi connectivity index (χ4n) is 1.98. The molecule has 4 nitrogen and oxygen atoms in total. The van der Waals surface area contributed by atoms with Gasteiger partial charge in [0.1, 0.15) is 24.0 Å². The van der Waals surface area contributed by atoms with Gasteiger partial charge in [0.2, 0.25) is 0 Å². The highest BCUT2D eigenvalue weighted by molar-refractivity contribution is 5.75. The van der Waals surface area contributed by atoms with E-state index in [0.29, 0.717) is 16.8 Å². The largest absolute Gasteiger partial charge is 0.487 e. The summed E-state index contributed by atoms with van der Waals surface area (Å²) in [6, 6.07) is 9.91. The minimum absolute atomic E-state index is 0.0753. The number of alkyl halides is 2. The summed E-state index contributed by atoms with van der Waals surface area (Å²) >= 11 is 0. The molecule has 0 saturated carbocycles. The third-order valence-corrected chi connectivity index (χ3v) is 2.82. The molecule has 0 aliphatic carbocycles. The van der Waals surface area contributed by atoms with Crippen molar-refractivity contribution >= 4 is 0 Å². The van der Waals surface area contributed by atoms with Crippen molar-refractivity contribution in [2.24, 2.45) is 0 Å². The maximum atomic E-state index is 12.3. The van der Waals surface area contributed by atoms with E-state index in [1.807, 2.05) is 6.07 Å². The molecule has 1 aromatic carbocycles. The second-order valence-electron chi connectivity index (χ2n) is 4.38. The van der Waals surface area contributed by atoms with Gasteiger partial charge >= 0.3 is 0 Å². The lowest BCUT2D eigenvalue weighted by molar-refractivity contribution is 0.0822. The quantitative estimate of drug-likeness (QED) is 0.941. The number of hydrogen-bond acceptors (Lipinski definition) is 3. The molecule has 1 N–H and O–H groups in total. The van der Waals surface area contributed by atoms with Crippen LogP contribution in [0.15, 0.2) is 35.1 Å². The smallest absolute Gasteiger partial charge is 0.272 e. The second-order valence-corrected chi connectivity index (χ2v) is 4.38. The number of nitrogens with one attached hydrogen (secondary N) is 1. The van der Waals surface area contributed by atoms with E-state index in [-0.39, 0.29) is 11.3 Å². The van der Waals surface area contributed by atoms with Gasteiger partial charge in [0.15, 0.2) is 0 Å². The number of para-hydroxylation sites is 1. The number of benzene rings is 1. The average molecular weight is 290 g/mol. The summed E-state index contributed by atoms with van der Waals surface area (Å²) in [5, 5.41) is 9.13. The highest BCUT2D eigenvalue weighted by Gasteiger charge is 2.15. The van der Waals surface area contributed by atoms with Crippen molar-refractivity contribution in [3.63, 3.8) is 0 Å². The second kappa shape index (κ2) is 6.18. The fraction of sp³-hybridized carbons (Fsp3) is 0.200. The number of nitriles is 1. The van der Waals surface area contributed by atoms with Crippen LogP contribution >= 0.6 is 0 Å². The van der Waals surface area contributed by atoms with Crippen molar-refractivity contribution in [1.29, 1.82) is 5.26 Å². The summed E-state index contributed by atoms with van der Waals surface area (Å²) in [4.78, 5) is 14.3. The van der Waals surface area contributed by atoms with Crippen LogP contribution in [0.3, 0.4) is 0 Å². The van der Waals surface area contributed by atoms with Gasteiger partial charge in [0, 0.05) is 16.8 Å². The van der Waals surface area contributed by atoms with Crippen LogP contribution in [0.25, 0.3) is 11.1 Å². The van der Waals surface area contributed by atoms with Gasteiger partial charge in [-0.25, -0.2) is 8.78 Å². The van der Waals surface area contributed by atoms with E-state index in [1.54, 1.807) is 31.2 Å². The normalized spacial score (nSPS) is 10.4. The molecule has 21 heavy (non-hydrogen) atoms. The minimum atomic E-state index is -2.60. The van der Waals surface area contributed by atoms with Crippen molar-refractivity contribution in [2.45, 2.75) is 13.3 Å². The summed E-state index contributed by atoms with van der Waals surface area (Å²) in [6.45, 7) is 0.926. The lowest BCUT2D eigenvalue weighted by atomic mass is 10.0. The molecule has 6 heteroatoms. The molecule has 0 radical (unpaired) electrons. The van der Waals surface area contributed by atoms with Crippen molar-refractivity contribution in [3.8, 4) is 22.9 Å². The number of nitrogens with zero attached hydrogens (tertiary/aromatic N) is 1. The average Bonchev–Trinajstić information content (AvgIpc) is 2.44. The third-order valence-electron chi connectivity index (χ3n) is 2.82. The Kier molecular flexibility index (Phi) is 4.33. The Balaban J connectivity index is 2.58. The van der Waals surface area contributed by atoms with Crippen molar-refractivity contribution in [1.82, 2.24) is 4.98 Å². The molecule has 0 bridgehead atoms. The maximum absolute atomic E-state index is 12.3. The van der Waals surface area contributed by atoms with E-state index in [2.05, 4.69) is 4.98 Å². The van der Waals surface area contributed by atoms with E-state index < -0.39 is 18.6 Å². The number of aromatic amines is 1. The van der Waals surface area contributed by atoms with Crippen LogP contribution in [0.1, 0.15) is 11.3 Å². The SMILES string of the molecule is Cc1cc(-c2ccccc2OCC(F)F)c(C#N)c(=O)[nH]1. The molecule has 1 aromatic heterocycles. The zero-order valence-corrected chi connectivity index (χ0v) is 11.2. The van der Waals surface area contributed by atoms with Crippen LogP contribution in [0.2, 0.25) is 0 Å². The Morgan fingerprint density at radius 1 is 1.33 bits per heavy atom. The summed E-state index contributed by atoms with van der Waals surface area (Å²) in [5.74, 6) is 0.208. The minimum Gasteiger partial charge on any atom is -0.487 e. The van der Waals surface area contributed by atoms with Gasteiger partial charge in [-0.15, -0.1) is 0 Å². The standard InChI is InChI=1S/C15H12F2N2O2/c1-9-6-11(12(7-18)15(20)19-9)10-4-2-3-5-13(10)21-8-14(16)17/h2-6,14H,8H2,1H3,(H,19,20). The molecule has 0 atom stereocenters. The van der Waals surface area contributed by atoms with E-state index in [1.165, 1.54) is 6.07 Å². The fourth-order valence-corrected chi connectivity index (χ4v) is 1.98. The van der Waals surface area contributed by atoms with Gasteiger partial charge in [-0.3, -0.25) is 4.79 Å². The number of hydrogen-bond donors (Lipinski definition) is 1. The first-order valence-corrected chi connectivity index (χ1v) is 6.17. The predicted octanol–water partition coefficient (Wildman–Crippen LogP) is 2.87. The molecule has 108 valence electrons. The van der Waals surface area contributed by atoms with Gasteiger partial charge in [-0.05, 0) is 19.1 Å². The number of aromatic nitrogens is 1. The Morgan fingerprint density at radius 3 is 2.71 bits per heavy atom. The summed E-state index contributed by atoms with van der Waals surface area (Å²) in [6.07, 6.45) is -2.60. The van der Waals surface area contributed by atoms with Crippen molar-refractivity contribution in [3.05, 3.63) is 51.9 Å². The van der Waals surface area contributed by atoms with Crippen LogP contribution in [-0.4, -0.2) is 18.0 Å². The van der Waals surface area contributed by atoms with E-state index >= 15 is 0 Å². The Hall–Kier alpha value is -2.68. The lowest BCUT2D eigenvalue weighted by Crippen LogP contribution is -2.13. The summed E-state index contributed by atoms with van der Waals surface area (Å²) in [5.41, 5.74) is 0.773. The molecule has 2 rings (SSSR count). The van der Waals surface area contributed by atoms with Gasteiger partial charge in [-0.2, -0.15) is 5.26 Å². The molecule has 0 saturated heterocycles. The molecule has 0 amide bonds. The molecular formula is C15H12F2N2O2. The molecule has 0 aliphatic heterocycles. The number of ether oxygens (including phenoxy) is 1. The number of aryl methyl sites for hydroxylation is 1. The molecular weight excluding hydrogens is 278 g/mol. The molecule has 1 heterocycles. The Morgan fingerprint density at radius 2 is 2.05 bits per heavy atom. The predicted molar refractivity (Wildman–Crippen MR) is 73.4 cm³/mol. The Bertz CT molecular complexity index is 748. The number of H-pyrrole nitrogens is 1. The lowest BCUT2D eigenvalue weighted by Gasteiger charge is -2.12. The Labute approximate surface area is 119 Å². The maximum Gasteiger partial charge on any atom is 0.272 e. The molecule has 2 aromatic rings. The van der Waals surface area contributed by atoms with Crippen LogP contribution in [0.5, 0.6) is 5.75 Å². The summed E-state index contributed by atoms with van der Waals surface area (Å²) < 4.78 is 29.7. The molecule has 0 fully saturated rings. The molecule has 0 aliphatic rings. The van der Waals surface area contributed by atoms with Gasteiger partial charge < -0.3 is 9.72 Å². The van der Waals surface area contributed by atoms with Crippen LogP contribution in [0.4, 0.5) is 8.78 Å². The summed E-state index contributed by atoms with van der Waals surface area (Å²) in [7, 11) is 0. The van der Waals surface area contributed by atoms with E-state index in [9.17, 15) is 13.6 Å². The van der Waals surface area contributed by atoms with Crippen LogP contribution < -0.4 is 10.3 Å². The van der Waals surface area contributed by atoms with Gasteiger partial charge in [0.05, 0.1) is 0 Å². The van der Waals surface area contributed by atoms with Crippen molar-refractivity contribution < 1.29 is 13.5 Å². The van der Waals surface area contributed by atoms with Gasteiger partial charge in [0.25, 0.3) is 12.0 Å². The number of halogens is 2. The van der Waals surface area contributed by atoms with Gasteiger partial charge in [-0.1, -0.05) is 18.2 Å². The zero-order chi connectivity index (χ0) is 15.4. The first kappa shape index (κ1) is 14.7. The van der Waals surface area contributed by atoms with Crippen molar-refractivity contribution in [2.75, 3.05) is 6.61 Å². The zero-order valence-electron chi connectivity index (χ0n) is 11.2. The third kappa shape index (κ3) is 3.26. The molecule has 0 unspecified atom stereocenters. The highest BCUT2D eigenvalue weighted by atomic mass is 19.3. The van der Waals surface area contributed by atoms with E-state index in [0.717, 1.165) is 0 Å².